The second-order valence-electron chi connectivity index (χ2n) is 7.33. The van der Waals surface area contributed by atoms with Crippen LogP contribution in [0.2, 0.25) is 0 Å². The van der Waals surface area contributed by atoms with E-state index in [1.165, 1.54) is 12.1 Å². The number of aryl methyl sites for hydroxylation is 2. The molecule has 0 saturated carbocycles. The van der Waals surface area contributed by atoms with Gasteiger partial charge in [-0.3, -0.25) is 0 Å². The van der Waals surface area contributed by atoms with Crippen molar-refractivity contribution in [3.63, 3.8) is 0 Å². The predicted molar refractivity (Wildman–Crippen MR) is 114 cm³/mol. The number of hydrogen-bond acceptors (Lipinski definition) is 5. The van der Waals surface area contributed by atoms with Gasteiger partial charge >= 0.3 is 18.3 Å². The van der Waals surface area contributed by atoms with Gasteiger partial charge in [0.05, 0.1) is 11.3 Å². The molecule has 0 fully saturated rings. The van der Waals surface area contributed by atoms with Gasteiger partial charge in [0, 0.05) is 41.6 Å². The van der Waals surface area contributed by atoms with E-state index in [2.05, 4.69) is 20.3 Å². The summed E-state index contributed by atoms with van der Waals surface area (Å²) in [5, 5.41) is 9.93. The molecule has 3 heterocycles. The average Bonchev–Trinajstić information content (AvgIpc) is 3.14. The molecule has 184 valence electrons. The van der Waals surface area contributed by atoms with E-state index in [4.69, 9.17) is 9.90 Å². The highest BCUT2D eigenvalue weighted by Gasteiger charge is 2.38. The molecule has 0 saturated heterocycles. The lowest BCUT2D eigenvalue weighted by molar-refractivity contribution is -0.192. The molecule has 0 spiro atoms. The van der Waals surface area contributed by atoms with Crippen molar-refractivity contribution < 1.29 is 36.2 Å². The Labute approximate surface area is 194 Å². The summed E-state index contributed by atoms with van der Waals surface area (Å²) < 4.78 is 72.2. The summed E-state index contributed by atoms with van der Waals surface area (Å²) >= 11 is 0. The van der Waals surface area contributed by atoms with Crippen LogP contribution in [0.5, 0.6) is 0 Å². The highest BCUT2D eigenvalue weighted by Crippen LogP contribution is 2.31. The molecular weight excluding hydrogens is 480 g/mol. The lowest BCUT2D eigenvalue weighted by Gasteiger charge is -2.10. The molecule has 0 aliphatic heterocycles. The number of pyridine rings is 1. The zero-order chi connectivity index (χ0) is 26.0. The summed E-state index contributed by atoms with van der Waals surface area (Å²) in [7, 11) is 0. The van der Waals surface area contributed by atoms with Crippen LogP contribution in [0.15, 0.2) is 55.1 Å². The van der Waals surface area contributed by atoms with Gasteiger partial charge < -0.3 is 14.8 Å². The maximum absolute atomic E-state index is 12.8. The van der Waals surface area contributed by atoms with E-state index < -0.39 is 23.9 Å². The average molecular weight is 497 g/mol. The minimum Gasteiger partial charge on any atom is -0.475 e. The van der Waals surface area contributed by atoms with Crippen LogP contribution in [-0.2, 0) is 11.0 Å². The Morgan fingerprint density at radius 3 is 2.17 bits per heavy atom. The molecule has 4 rings (SSSR count). The molecule has 0 amide bonds. The Bertz CT molecular complexity index is 1350. The first kappa shape index (κ1) is 25.5. The molecule has 7 nitrogen and oxygen atoms in total. The number of fused-ring (bicyclic) bond motifs is 1. The normalized spacial score (nSPS) is 11.7. The van der Waals surface area contributed by atoms with Gasteiger partial charge in [-0.05, 0) is 43.7 Å². The minimum absolute atomic E-state index is 0.222. The van der Waals surface area contributed by atoms with E-state index in [1.54, 1.807) is 12.4 Å². The number of aromatic nitrogens is 4. The Morgan fingerprint density at radius 1 is 0.971 bits per heavy atom. The number of carboxylic acids is 1. The number of alkyl halides is 6. The smallest absolute Gasteiger partial charge is 0.475 e. The number of halogens is 6. The number of rotatable bonds is 3. The second kappa shape index (κ2) is 9.60. The van der Waals surface area contributed by atoms with Gasteiger partial charge in [0.1, 0.15) is 5.65 Å². The quantitative estimate of drug-likeness (QED) is 0.348. The second-order valence-corrected chi connectivity index (χ2v) is 7.33. The molecule has 35 heavy (non-hydrogen) atoms. The number of hydrogen-bond donors (Lipinski definition) is 2. The molecule has 0 atom stereocenters. The third-order valence-corrected chi connectivity index (χ3v) is 4.53. The highest BCUT2D eigenvalue weighted by atomic mass is 19.4. The van der Waals surface area contributed by atoms with Crippen molar-refractivity contribution in [1.82, 2.24) is 19.4 Å². The van der Waals surface area contributed by atoms with Crippen molar-refractivity contribution in [2.24, 2.45) is 0 Å². The van der Waals surface area contributed by atoms with Gasteiger partial charge in [0.25, 0.3) is 0 Å². The number of nitrogens with one attached hydrogen (secondary N) is 1. The fraction of sp³-hybridized carbons (Fsp3) is 0.182. The van der Waals surface area contributed by atoms with E-state index in [1.807, 2.05) is 36.7 Å². The zero-order valence-corrected chi connectivity index (χ0v) is 18.1. The van der Waals surface area contributed by atoms with Gasteiger partial charge in [-0.15, -0.1) is 0 Å². The first-order valence-corrected chi connectivity index (χ1v) is 9.77. The molecular formula is C22H17F6N5O2. The summed E-state index contributed by atoms with van der Waals surface area (Å²) in [4.78, 5) is 21.8. The van der Waals surface area contributed by atoms with Crippen LogP contribution in [0.1, 0.15) is 16.8 Å². The van der Waals surface area contributed by atoms with Crippen LogP contribution in [-0.4, -0.2) is 36.6 Å². The van der Waals surface area contributed by atoms with Crippen molar-refractivity contribution in [2.75, 3.05) is 5.32 Å². The van der Waals surface area contributed by atoms with Crippen molar-refractivity contribution >= 4 is 23.3 Å². The Kier molecular flexibility index (Phi) is 6.99. The predicted octanol–water partition coefficient (Wildman–Crippen LogP) is 5.80. The van der Waals surface area contributed by atoms with Crippen LogP contribution in [0, 0.1) is 13.8 Å². The lowest BCUT2D eigenvalue weighted by atomic mass is 10.1. The first-order chi connectivity index (χ1) is 16.2. The SMILES string of the molecule is Cc1cn2cc(-c3cnc(Nc4cccc(C(F)(F)F)c4)nc3)cc(C)c2n1.O=C(O)C(F)(F)F. The maximum Gasteiger partial charge on any atom is 0.490 e. The number of benzene rings is 1. The van der Waals surface area contributed by atoms with E-state index in [9.17, 15) is 26.3 Å². The fourth-order valence-electron chi connectivity index (χ4n) is 2.99. The molecule has 1 aromatic carbocycles. The maximum atomic E-state index is 12.8. The van der Waals surface area contributed by atoms with Crippen LogP contribution in [0.25, 0.3) is 16.8 Å². The summed E-state index contributed by atoms with van der Waals surface area (Å²) in [6, 6.07) is 6.91. The van der Waals surface area contributed by atoms with Crippen molar-refractivity contribution in [1.29, 1.82) is 0 Å². The van der Waals surface area contributed by atoms with Gasteiger partial charge in [-0.1, -0.05) is 6.07 Å². The minimum atomic E-state index is -5.08. The van der Waals surface area contributed by atoms with Crippen LogP contribution >= 0.6 is 0 Å². The summed E-state index contributed by atoms with van der Waals surface area (Å²) in [5.74, 6) is -2.54. The van der Waals surface area contributed by atoms with Gasteiger partial charge in [-0.2, -0.15) is 26.3 Å². The third kappa shape index (κ3) is 6.46. The Balaban J connectivity index is 0.000000429. The van der Waals surface area contributed by atoms with Crippen molar-refractivity contribution in [2.45, 2.75) is 26.2 Å². The van der Waals surface area contributed by atoms with E-state index in [0.717, 1.165) is 40.2 Å². The van der Waals surface area contributed by atoms with Crippen LogP contribution in [0.4, 0.5) is 38.0 Å². The third-order valence-electron chi connectivity index (χ3n) is 4.53. The number of carboxylic acid groups (broad SMARTS) is 1. The number of carbonyl (C=O) groups is 1. The van der Waals surface area contributed by atoms with Gasteiger partial charge in [0.15, 0.2) is 0 Å². The standard InChI is InChI=1S/C20H16F3N5.C2HF3O2/c1-12-6-14(11-28-10-13(2)26-18(12)28)15-8-24-19(25-9-15)27-17-5-3-4-16(7-17)20(21,22)23;3-2(4,5)1(6)7/h3-11H,1-2H3,(H,24,25,27);(H,6,7). The molecule has 13 heteroatoms. The molecule has 4 aromatic rings. The number of anilines is 2. The molecule has 3 aromatic heterocycles. The zero-order valence-electron chi connectivity index (χ0n) is 18.1. The largest absolute Gasteiger partial charge is 0.490 e. The van der Waals surface area contributed by atoms with Crippen molar-refractivity contribution in [3.8, 4) is 11.1 Å². The van der Waals surface area contributed by atoms with Gasteiger partial charge in [-0.25, -0.2) is 19.7 Å². The van der Waals surface area contributed by atoms with Crippen LogP contribution < -0.4 is 5.32 Å². The first-order valence-electron chi connectivity index (χ1n) is 9.77. The van der Waals surface area contributed by atoms with E-state index in [0.29, 0.717) is 0 Å². The monoisotopic (exact) mass is 497 g/mol. The molecule has 2 N–H and O–H groups in total. The molecule has 0 radical (unpaired) electrons. The Morgan fingerprint density at radius 2 is 1.60 bits per heavy atom. The summed E-state index contributed by atoms with van der Waals surface area (Å²) in [6.07, 6.45) is -2.33. The van der Waals surface area contributed by atoms with Gasteiger partial charge in [0.2, 0.25) is 5.95 Å². The molecule has 0 bridgehead atoms. The Hall–Kier alpha value is -4.16. The fourth-order valence-corrected chi connectivity index (χ4v) is 2.99. The summed E-state index contributed by atoms with van der Waals surface area (Å²) in [5.41, 5.74) is 4.11. The van der Waals surface area contributed by atoms with E-state index in [-0.39, 0.29) is 11.6 Å². The number of imidazole rings is 1. The highest BCUT2D eigenvalue weighted by molar-refractivity contribution is 5.73. The molecule has 0 unspecified atom stereocenters. The topological polar surface area (TPSA) is 92.4 Å². The van der Waals surface area contributed by atoms with Crippen LogP contribution in [0.3, 0.4) is 0 Å². The molecule has 0 aliphatic carbocycles. The summed E-state index contributed by atoms with van der Waals surface area (Å²) in [6.45, 7) is 3.92. The number of aliphatic carboxylic acids is 1. The van der Waals surface area contributed by atoms with E-state index >= 15 is 0 Å². The molecule has 0 aliphatic rings. The lowest BCUT2D eigenvalue weighted by Crippen LogP contribution is -2.21. The van der Waals surface area contributed by atoms with Crippen molar-refractivity contribution in [3.05, 3.63) is 71.9 Å². The number of nitrogens with zero attached hydrogens (tertiary/aromatic N) is 4.